The van der Waals surface area contributed by atoms with Gasteiger partial charge in [0.2, 0.25) is 0 Å². The third kappa shape index (κ3) is 2.08. The van der Waals surface area contributed by atoms with Gasteiger partial charge in [-0.05, 0) is 18.2 Å². The molecule has 3 aromatic rings. The molecule has 1 aromatic heterocycles. The van der Waals surface area contributed by atoms with E-state index >= 15 is 0 Å². The number of nitrogens with zero attached hydrogens (tertiary/aromatic N) is 3. The highest BCUT2D eigenvalue weighted by molar-refractivity contribution is 6.30. The van der Waals surface area contributed by atoms with Gasteiger partial charge in [-0.3, -0.25) is 0 Å². The fraction of sp³-hybridized carbons (Fsp3) is 0. The Morgan fingerprint density at radius 2 is 1.85 bits per heavy atom. The van der Waals surface area contributed by atoms with E-state index in [0.717, 1.165) is 5.56 Å². The minimum Gasteiger partial charge on any atom is -0.506 e. The predicted molar refractivity (Wildman–Crippen MR) is 77.9 cm³/mol. The van der Waals surface area contributed by atoms with Gasteiger partial charge < -0.3 is 10.8 Å². The number of halogens is 1. The van der Waals surface area contributed by atoms with Crippen LogP contribution in [0.1, 0.15) is 0 Å². The molecule has 0 aliphatic rings. The Morgan fingerprint density at radius 3 is 2.60 bits per heavy atom. The fourth-order valence-electron chi connectivity index (χ4n) is 1.93. The lowest BCUT2D eigenvalue weighted by molar-refractivity contribution is 0.470. The van der Waals surface area contributed by atoms with E-state index in [2.05, 4.69) is 10.3 Å². The van der Waals surface area contributed by atoms with E-state index in [4.69, 9.17) is 17.3 Å². The van der Waals surface area contributed by atoms with Crippen molar-refractivity contribution in [2.75, 3.05) is 5.73 Å². The number of nitrogens with two attached hydrogens (primary N) is 1. The minimum atomic E-state index is 0.0330. The summed E-state index contributed by atoms with van der Waals surface area (Å²) in [6, 6.07) is 14.1. The molecule has 0 unspecified atom stereocenters. The maximum absolute atomic E-state index is 9.89. The summed E-state index contributed by atoms with van der Waals surface area (Å²) in [5.41, 5.74) is 7.88. The summed E-state index contributed by atoms with van der Waals surface area (Å²) in [7, 11) is 0. The minimum absolute atomic E-state index is 0.0330. The van der Waals surface area contributed by atoms with Crippen molar-refractivity contribution in [3.8, 4) is 22.7 Å². The first-order chi connectivity index (χ1) is 9.66. The highest BCUT2D eigenvalue weighted by atomic mass is 35.5. The number of hydrogen-bond acceptors (Lipinski definition) is 4. The molecular formula is C14H11ClN4O. The predicted octanol–water partition coefficient (Wildman–Crippen LogP) is 2.88. The Kier molecular flexibility index (Phi) is 3.04. The zero-order chi connectivity index (χ0) is 14.1. The first-order valence-electron chi connectivity index (χ1n) is 5.92. The first-order valence-corrected chi connectivity index (χ1v) is 6.30. The lowest BCUT2D eigenvalue weighted by Crippen LogP contribution is -2.02. The van der Waals surface area contributed by atoms with Gasteiger partial charge in [-0.2, -0.15) is 4.68 Å². The monoisotopic (exact) mass is 286 g/mol. The molecule has 20 heavy (non-hydrogen) atoms. The number of anilines is 1. The van der Waals surface area contributed by atoms with Crippen LogP contribution in [0.3, 0.4) is 0 Å². The number of rotatable bonds is 2. The molecule has 0 saturated heterocycles. The van der Waals surface area contributed by atoms with Crippen LogP contribution in [-0.2, 0) is 0 Å². The van der Waals surface area contributed by atoms with Gasteiger partial charge in [0.25, 0.3) is 0 Å². The molecule has 1 heterocycles. The molecule has 0 aliphatic heterocycles. The Labute approximate surface area is 120 Å². The van der Waals surface area contributed by atoms with E-state index < -0.39 is 0 Å². The normalized spacial score (nSPS) is 10.7. The Hall–Kier alpha value is -2.53. The van der Waals surface area contributed by atoms with E-state index in [0.29, 0.717) is 22.2 Å². The van der Waals surface area contributed by atoms with E-state index in [1.54, 1.807) is 12.1 Å². The summed E-state index contributed by atoms with van der Waals surface area (Å²) in [5, 5.41) is 18.4. The van der Waals surface area contributed by atoms with E-state index in [-0.39, 0.29) is 5.75 Å². The molecule has 3 N–H and O–H groups in total. The van der Waals surface area contributed by atoms with Crippen molar-refractivity contribution in [3.05, 3.63) is 53.6 Å². The van der Waals surface area contributed by atoms with Crippen molar-refractivity contribution >= 4 is 17.4 Å². The summed E-state index contributed by atoms with van der Waals surface area (Å²) >= 11 is 5.93. The fourth-order valence-corrected chi connectivity index (χ4v) is 2.10. The Bertz CT molecular complexity index is 755. The van der Waals surface area contributed by atoms with Gasteiger partial charge in [-0.1, -0.05) is 47.1 Å². The second-order valence-corrected chi connectivity index (χ2v) is 4.67. The van der Waals surface area contributed by atoms with Crippen molar-refractivity contribution in [2.24, 2.45) is 0 Å². The maximum Gasteiger partial charge on any atom is 0.156 e. The van der Waals surface area contributed by atoms with Crippen molar-refractivity contribution in [1.29, 1.82) is 0 Å². The molecule has 0 spiro atoms. The maximum atomic E-state index is 9.89. The smallest absolute Gasteiger partial charge is 0.156 e. The van der Waals surface area contributed by atoms with E-state index in [1.807, 2.05) is 30.3 Å². The van der Waals surface area contributed by atoms with Gasteiger partial charge >= 0.3 is 0 Å². The number of benzene rings is 2. The van der Waals surface area contributed by atoms with Gasteiger partial charge in [-0.25, -0.2) is 0 Å². The molecule has 3 rings (SSSR count). The average Bonchev–Trinajstić information content (AvgIpc) is 2.84. The van der Waals surface area contributed by atoms with Crippen LogP contribution in [0.5, 0.6) is 5.75 Å². The van der Waals surface area contributed by atoms with Crippen LogP contribution in [0.25, 0.3) is 16.9 Å². The number of aromatic nitrogens is 3. The molecule has 0 saturated carbocycles. The van der Waals surface area contributed by atoms with Crippen molar-refractivity contribution in [1.82, 2.24) is 15.0 Å². The molecular weight excluding hydrogens is 276 g/mol. The molecule has 6 heteroatoms. The summed E-state index contributed by atoms with van der Waals surface area (Å²) in [4.78, 5) is 0. The van der Waals surface area contributed by atoms with Crippen LogP contribution in [0.15, 0.2) is 48.5 Å². The molecule has 0 radical (unpaired) electrons. The van der Waals surface area contributed by atoms with Crippen LogP contribution in [0.2, 0.25) is 5.02 Å². The average molecular weight is 287 g/mol. The lowest BCUT2D eigenvalue weighted by Gasteiger charge is -2.06. The SMILES string of the molecule is Nc1c(-c2ccccc2)nnn1-c1cc(Cl)ccc1O. The van der Waals surface area contributed by atoms with Crippen LogP contribution >= 0.6 is 11.6 Å². The molecule has 2 aromatic carbocycles. The van der Waals surface area contributed by atoms with Gasteiger partial charge in [0.05, 0.1) is 0 Å². The Morgan fingerprint density at radius 1 is 1.10 bits per heavy atom. The van der Waals surface area contributed by atoms with Gasteiger partial charge in [0, 0.05) is 10.6 Å². The van der Waals surface area contributed by atoms with E-state index in [9.17, 15) is 5.11 Å². The highest BCUT2D eigenvalue weighted by Crippen LogP contribution is 2.30. The Balaban J connectivity index is 2.14. The number of aromatic hydroxyl groups is 1. The third-order valence-electron chi connectivity index (χ3n) is 2.92. The van der Waals surface area contributed by atoms with Crippen molar-refractivity contribution < 1.29 is 5.11 Å². The molecule has 0 fully saturated rings. The molecule has 5 nitrogen and oxygen atoms in total. The topological polar surface area (TPSA) is 77.0 Å². The summed E-state index contributed by atoms with van der Waals surface area (Å²) in [6.07, 6.45) is 0. The molecule has 100 valence electrons. The zero-order valence-electron chi connectivity index (χ0n) is 10.4. The standard InChI is InChI=1S/C14H11ClN4O/c15-10-6-7-12(20)11(8-10)19-14(16)13(17-18-19)9-4-2-1-3-5-9/h1-8,20H,16H2. The highest BCUT2D eigenvalue weighted by Gasteiger charge is 2.15. The first kappa shape index (κ1) is 12.5. The second kappa shape index (κ2) is 4.86. The number of hydrogen-bond donors (Lipinski definition) is 2. The van der Waals surface area contributed by atoms with Crippen molar-refractivity contribution in [3.63, 3.8) is 0 Å². The van der Waals surface area contributed by atoms with Crippen LogP contribution in [0.4, 0.5) is 5.82 Å². The third-order valence-corrected chi connectivity index (χ3v) is 3.15. The molecule has 0 bridgehead atoms. The number of phenols is 1. The number of phenolic OH excluding ortho intramolecular Hbond substituents is 1. The molecule has 0 aliphatic carbocycles. The quantitative estimate of drug-likeness (QED) is 0.759. The van der Waals surface area contributed by atoms with E-state index in [1.165, 1.54) is 10.7 Å². The molecule has 0 amide bonds. The summed E-state index contributed by atoms with van der Waals surface area (Å²) in [5.74, 6) is 0.374. The second-order valence-electron chi connectivity index (χ2n) is 4.23. The van der Waals surface area contributed by atoms with Gasteiger partial charge in [0.1, 0.15) is 17.1 Å². The largest absolute Gasteiger partial charge is 0.506 e. The van der Waals surface area contributed by atoms with Crippen molar-refractivity contribution in [2.45, 2.75) is 0 Å². The van der Waals surface area contributed by atoms with Gasteiger partial charge in [-0.15, -0.1) is 5.10 Å². The van der Waals surface area contributed by atoms with Crippen LogP contribution in [-0.4, -0.2) is 20.1 Å². The summed E-state index contributed by atoms with van der Waals surface area (Å²) < 4.78 is 1.36. The summed E-state index contributed by atoms with van der Waals surface area (Å²) in [6.45, 7) is 0. The van der Waals surface area contributed by atoms with Crippen LogP contribution < -0.4 is 5.73 Å². The molecule has 0 atom stereocenters. The van der Waals surface area contributed by atoms with Gasteiger partial charge in [0.15, 0.2) is 5.82 Å². The zero-order valence-corrected chi connectivity index (χ0v) is 11.1. The lowest BCUT2D eigenvalue weighted by atomic mass is 10.1. The number of nitrogen functional groups attached to an aromatic ring is 1. The van der Waals surface area contributed by atoms with Crippen LogP contribution in [0, 0.1) is 0 Å².